The number of hydrogen-bond acceptors (Lipinski definition) is 5. The van der Waals surface area contributed by atoms with E-state index in [1.165, 1.54) is 0 Å². The zero-order valence-electron chi connectivity index (χ0n) is 7.77. The molecule has 0 aliphatic heterocycles. The van der Waals surface area contributed by atoms with E-state index in [9.17, 15) is 14.9 Å². The number of rotatable bonds is 3. The number of aromatic nitrogens is 1. The van der Waals surface area contributed by atoms with Gasteiger partial charge in [0.25, 0.3) is 5.69 Å². The Balaban J connectivity index is 3.15. The van der Waals surface area contributed by atoms with Gasteiger partial charge < -0.3 is 4.74 Å². The second-order valence-electron chi connectivity index (χ2n) is 2.47. The second-order valence-corrected chi connectivity index (χ2v) is 2.85. The van der Waals surface area contributed by atoms with Crippen LogP contribution in [0.1, 0.15) is 17.4 Å². The lowest BCUT2D eigenvalue weighted by Crippen LogP contribution is -2.08. The SMILES string of the molecule is CCOC(=O)c1nccc([N+](=O)[O-])c1Cl. The summed E-state index contributed by atoms with van der Waals surface area (Å²) in [6, 6.07) is 1.12. The van der Waals surface area contributed by atoms with Crippen LogP contribution < -0.4 is 0 Å². The van der Waals surface area contributed by atoms with Crippen LogP contribution in [0.3, 0.4) is 0 Å². The monoisotopic (exact) mass is 230 g/mol. The zero-order chi connectivity index (χ0) is 11.4. The van der Waals surface area contributed by atoms with E-state index in [0.717, 1.165) is 12.3 Å². The minimum absolute atomic E-state index is 0.152. The molecule has 0 aliphatic carbocycles. The third-order valence-electron chi connectivity index (χ3n) is 1.53. The lowest BCUT2D eigenvalue weighted by Gasteiger charge is -2.02. The number of halogens is 1. The Morgan fingerprint density at radius 2 is 2.40 bits per heavy atom. The van der Waals surface area contributed by atoms with Crippen LogP contribution in [0.5, 0.6) is 0 Å². The Morgan fingerprint density at radius 3 is 2.93 bits per heavy atom. The molecule has 1 aromatic heterocycles. The van der Waals surface area contributed by atoms with E-state index in [-0.39, 0.29) is 23.0 Å². The van der Waals surface area contributed by atoms with Crippen LogP contribution in [-0.4, -0.2) is 22.5 Å². The fourth-order valence-electron chi connectivity index (χ4n) is 0.916. The fraction of sp³-hybridized carbons (Fsp3) is 0.250. The molecule has 15 heavy (non-hydrogen) atoms. The molecule has 0 N–H and O–H groups in total. The molecule has 0 unspecified atom stereocenters. The summed E-state index contributed by atoms with van der Waals surface area (Å²) in [6.07, 6.45) is 1.14. The maximum atomic E-state index is 11.2. The predicted octanol–water partition coefficient (Wildman–Crippen LogP) is 1.82. The first-order valence-corrected chi connectivity index (χ1v) is 4.41. The molecule has 7 heteroatoms. The zero-order valence-corrected chi connectivity index (χ0v) is 8.52. The van der Waals surface area contributed by atoms with E-state index >= 15 is 0 Å². The first-order chi connectivity index (χ1) is 7.07. The molecular weight excluding hydrogens is 224 g/mol. The predicted molar refractivity (Wildman–Crippen MR) is 51.9 cm³/mol. The highest BCUT2D eigenvalue weighted by Gasteiger charge is 2.22. The Morgan fingerprint density at radius 1 is 1.73 bits per heavy atom. The van der Waals surface area contributed by atoms with Crippen molar-refractivity contribution in [1.82, 2.24) is 4.98 Å². The van der Waals surface area contributed by atoms with Crippen molar-refractivity contribution in [2.75, 3.05) is 6.61 Å². The van der Waals surface area contributed by atoms with Gasteiger partial charge in [0, 0.05) is 12.3 Å². The highest BCUT2D eigenvalue weighted by atomic mass is 35.5. The summed E-state index contributed by atoms with van der Waals surface area (Å²) >= 11 is 5.63. The number of nitro groups is 1. The highest BCUT2D eigenvalue weighted by molar-refractivity contribution is 6.35. The summed E-state index contributed by atoms with van der Waals surface area (Å²) in [7, 11) is 0. The molecule has 0 saturated carbocycles. The molecule has 1 rings (SSSR count). The van der Waals surface area contributed by atoms with Crippen LogP contribution in [0.4, 0.5) is 5.69 Å². The van der Waals surface area contributed by atoms with Crippen molar-refractivity contribution in [2.45, 2.75) is 6.92 Å². The highest BCUT2D eigenvalue weighted by Crippen LogP contribution is 2.26. The van der Waals surface area contributed by atoms with E-state index < -0.39 is 10.9 Å². The van der Waals surface area contributed by atoms with Gasteiger partial charge in [-0.15, -0.1) is 0 Å². The van der Waals surface area contributed by atoms with Crippen LogP contribution in [0.2, 0.25) is 5.02 Å². The minimum Gasteiger partial charge on any atom is -0.461 e. The Labute approximate surface area is 90.0 Å². The van der Waals surface area contributed by atoms with Crippen molar-refractivity contribution >= 4 is 23.3 Å². The number of pyridine rings is 1. The summed E-state index contributed by atoms with van der Waals surface area (Å²) in [4.78, 5) is 24.7. The number of hydrogen-bond donors (Lipinski definition) is 0. The van der Waals surface area contributed by atoms with Crippen molar-refractivity contribution in [3.8, 4) is 0 Å². The molecule has 0 fully saturated rings. The van der Waals surface area contributed by atoms with E-state index in [1.807, 2.05) is 0 Å². The second kappa shape index (κ2) is 4.70. The largest absolute Gasteiger partial charge is 0.461 e. The molecule has 80 valence electrons. The average molecular weight is 231 g/mol. The third kappa shape index (κ3) is 2.41. The lowest BCUT2D eigenvalue weighted by molar-refractivity contribution is -0.384. The molecule has 0 spiro atoms. The quantitative estimate of drug-likeness (QED) is 0.449. The van der Waals surface area contributed by atoms with Gasteiger partial charge in [-0.25, -0.2) is 9.78 Å². The van der Waals surface area contributed by atoms with Gasteiger partial charge in [0.1, 0.15) is 0 Å². The number of carbonyl (C=O) groups excluding carboxylic acids is 1. The summed E-state index contributed by atoms with van der Waals surface area (Å²) in [5, 5.41) is 10.2. The molecule has 1 aromatic rings. The molecule has 1 heterocycles. The van der Waals surface area contributed by atoms with Gasteiger partial charge in [-0.1, -0.05) is 11.6 Å². The number of carbonyl (C=O) groups is 1. The van der Waals surface area contributed by atoms with E-state index in [0.29, 0.717) is 0 Å². The topological polar surface area (TPSA) is 82.3 Å². The Hall–Kier alpha value is -1.69. The maximum Gasteiger partial charge on any atom is 0.358 e. The van der Waals surface area contributed by atoms with Crippen LogP contribution >= 0.6 is 11.6 Å². The molecule has 0 atom stereocenters. The van der Waals surface area contributed by atoms with Gasteiger partial charge in [-0.3, -0.25) is 10.1 Å². The Kier molecular flexibility index (Phi) is 3.56. The van der Waals surface area contributed by atoms with Crippen molar-refractivity contribution in [1.29, 1.82) is 0 Å². The molecule has 0 aromatic carbocycles. The summed E-state index contributed by atoms with van der Waals surface area (Å²) in [5.41, 5.74) is -0.609. The van der Waals surface area contributed by atoms with Gasteiger partial charge in [-0.05, 0) is 6.92 Å². The normalized spacial score (nSPS) is 9.73. The molecule has 0 amide bonds. The van der Waals surface area contributed by atoms with Crippen molar-refractivity contribution in [3.63, 3.8) is 0 Å². The summed E-state index contributed by atoms with van der Waals surface area (Å²) < 4.78 is 4.64. The molecule has 6 nitrogen and oxygen atoms in total. The smallest absolute Gasteiger partial charge is 0.358 e. The minimum atomic E-state index is -0.772. The van der Waals surface area contributed by atoms with Gasteiger partial charge in [-0.2, -0.15) is 0 Å². The van der Waals surface area contributed by atoms with Gasteiger partial charge >= 0.3 is 5.97 Å². The standard InChI is InChI=1S/C8H7ClN2O4/c1-2-15-8(12)7-6(9)5(11(13)14)3-4-10-7/h3-4H,2H2,1H3. The molecule has 0 aliphatic rings. The van der Waals surface area contributed by atoms with Gasteiger partial charge in [0.05, 0.1) is 11.5 Å². The van der Waals surface area contributed by atoms with Gasteiger partial charge in [0.2, 0.25) is 0 Å². The third-order valence-corrected chi connectivity index (χ3v) is 1.91. The maximum absolute atomic E-state index is 11.2. The fourth-order valence-corrected chi connectivity index (χ4v) is 1.17. The van der Waals surface area contributed by atoms with Crippen molar-refractivity contribution < 1.29 is 14.5 Å². The number of nitrogens with zero attached hydrogens (tertiary/aromatic N) is 2. The Bertz CT molecular complexity index is 408. The molecular formula is C8H7ClN2O4. The first kappa shape index (κ1) is 11.4. The average Bonchev–Trinajstić information content (AvgIpc) is 2.17. The van der Waals surface area contributed by atoms with E-state index in [4.69, 9.17) is 11.6 Å². The first-order valence-electron chi connectivity index (χ1n) is 4.04. The van der Waals surface area contributed by atoms with E-state index in [2.05, 4.69) is 9.72 Å². The van der Waals surface area contributed by atoms with E-state index in [1.54, 1.807) is 6.92 Å². The molecule has 0 radical (unpaired) electrons. The molecule has 0 bridgehead atoms. The number of ether oxygens (including phenoxy) is 1. The van der Waals surface area contributed by atoms with Crippen LogP contribution in [0.25, 0.3) is 0 Å². The lowest BCUT2D eigenvalue weighted by atomic mass is 10.3. The van der Waals surface area contributed by atoms with Crippen LogP contribution in [0, 0.1) is 10.1 Å². The van der Waals surface area contributed by atoms with Crippen LogP contribution in [0.15, 0.2) is 12.3 Å². The molecule has 0 saturated heterocycles. The number of esters is 1. The van der Waals surface area contributed by atoms with Crippen molar-refractivity contribution in [3.05, 3.63) is 33.1 Å². The van der Waals surface area contributed by atoms with Crippen LogP contribution in [-0.2, 0) is 4.74 Å². The van der Waals surface area contributed by atoms with Crippen molar-refractivity contribution in [2.24, 2.45) is 0 Å². The summed E-state index contributed by atoms with van der Waals surface area (Å²) in [5.74, 6) is -0.772. The summed E-state index contributed by atoms with van der Waals surface area (Å²) in [6.45, 7) is 1.77. The van der Waals surface area contributed by atoms with Gasteiger partial charge in [0.15, 0.2) is 10.7 Å².